The third-order valence-electron chi connectivity index (χ3n) is 2.51. The second kappa shape index (κ2) is 5.60. The molecule has 0 heterocycles. The van der Waals surface area contributed by atoms with E-state index < -0.39 is 0 Å². The van der Waals surface area contributed by atoms with E-state index in [-0.39, 0.29) is 5.78 Å². The zero-order valence-electron chi connectivity index (χ0n) is 9.38. The van der Waals surface area contributed by atoms with E-state index in [1.807, 2.05) is 42.5 Å². The van der Waals surface area contributed by atoms with Crippen molar-refractivity contribution in [2.75, 3.05) is 0 Å². The van der Waals surface area contributed by atoms with Gasteiger partial charge in [-0.25, -0.2) is 0 Å². The van der Waals surface area contributed by atoms with Crippen LogP contribution in [0.1, 0.15) is 10.4 Å². The number of nitrogens with zero attached hydrogens (tertiary/aromatic N) is 1. The minimum absolute atomic E-state index is 0.336. The van der Waals surface area contributed by atoms with Gasteiger partial charge in [0.2, 0.25) is 5.78 Å². The van der Waals surface area contributed by atoms with E-state index in [0.717, 1.165) is 21.8 Å². The minimum atomic E-state index is -0.336. The Kier molecular flexibility index (Phi) is 3.89. The molecule has 4 heteroatoms. The Hall–Kier alpha value is -1.94. The molecule has 0 unspecified atom stereocenters. The molecule has 1 N–H and O–H groups in total. The van der Waals surface area contributed by atoms with Gasteiger partial charge < -0.3 is 5.21 Å². The third kappa shape index (κ3) is 2.65. The van der Waals surface area contributed by atoms with Crippen LogP contribution < -0.4 is 0 Å². The smallest absolute Gasteiger partial charge is 0.208 e. The molecule has 0 atom stereocenters. The Morgan fingerprint density at radius 2 is 1.89 bits per heavy atom. The molecule has 0 radical (unpaired) electrons. The number of benzene rings is 2. The van der Waals surface area contributed by atoms with Crippen LogP contribution in [0, 0.1) is 0 Å². The predicted molar refractivity (Wildman–Crippen MR) is 74.2 cm³/mol. The van der Waals surface area contributed by atoms with E-state index in [9.17, 15) is 4.79 Å². The fraction of sp³-hybridized carbons (Fsp3) is 0. The Labute approximate surface area is 113 Å². The van der Waals surface area contributed by atoms with Crippen LogP contribution in [0.15, 0.2) is 58.2 Å². The number of carbonyl (C=O) groups excluding carboxylic acids is 1. The van der Waals surface area contributed by atoms with Gasteiger partial charge in [-0.05, 0) is 23.3 Å². The Balaban J connectivity index is 2.57. The van der Waals surface area contributed by atoms with Gasteiger partial charge in [-0.1, -0.05) is 57.5 Å². The molecule has 3 nitrogen and oxygen atoms in total. The van der Waals surface area contributed by atoms with Crippen LogP contribution in [0.25, 0.3) is 11.1 Å². The molecule has 0 bridgehead atoms. The highest BCUT2D eigenvalue weighted by molar-refractivity contribution is 9.10. The zero-order chi connectivity index (χ0) is 13.0. The molecule has 0 fully saturated rings. The van der Waals surface area contributed by atoms with Crippen molar-refractivity contribution in [3.63, 3.8) is 0 Å². The number of hydrogen-bond acceptors (Lipinski definition) is 3. The maximum atomic E-state index is 11.9. The summed E-state index contributed by atoms with van der Waals surface area (Å²) >= 11 is 3.33. The molecule has 18 heavy (non-hydrogen) atoms. The quantitative estimate of drug-likeness (QED) is 0.406. The van der Waals surface area contributed by atoms with E-state index in [4.69, 9.17) is 5.21 Å². The summed E-state index contributed by atoms with van der Waals surface area (Å²) in [6, 6.07) is 15.0. The number of halogens is 1. The van der Waals surface area contributed by atoms with Crippen molar-refractivity contribution in [3.8, 4) is 11.1 Å². The van der Waals surface area contributed by atoms with Gasteiger partial charge in [0.05, 0.1) is 0 Å². The number of ketones is 1. The molecule has 0 spiro atoms. The normalized spacial score (nSPS) is 10.7. The van der Waals surface area contributed by atoms with Gasteiger partial charge in [0.25, 0.3) is 0 Å². The van der Waals surface area contributed by atoms with Crippen LogP contribution in [0.2, 0.25) is 0 Å². The van der Waals surface area contributed by atoms with Gasteiger partial charge in [-0.15, -0.1) is 0 Å². The SMILES string of the molecule is O=C(C=NO)c1cc(Br)ccc1-c1ccccc1. The van der Waals surface area contributed by atoms with Crippen LogP contribution in [-0.2, 0) is 0 Å². The highest BCUT2D eigenvalue weighted by Gasteiger charge is 2.11. The molecule has 0 amide bonds. The van der Waals surface area contributed by atoms with Crippen LogP contribution in [0.3, 0.4) is 0 Å². The average molecular weight is 304 g/mol. The second-order valence-electron chi connectivity index (χ2n) is 3.66. The van der Waals surface area contributed by atoms with Gasteiger partial charge in [0.1, 0.15) is 6.21 Å². The summed E-state index contributed by atoms with van der Waals surface area (Å²) in [5, 5.41) is 11.3. The monoisotopic (exact) mass is 303 g/mol. The fourth-order valence-corrected chi connectivity index (χ4v) is 2.07. The molecule has 0 aliphatic rings. The molecule has 2 rings (SSSR count). The van der Waals surface area contributed by atoms with Crippen LogP contribution in [0.5, 0.6) is 0 Å². The van der Waals surface area contributed by atoms with Crippen molar-refractivity contribution < 1.29 is 10.0 Å². The summed E-state index contributed by atoms with van der Waals surface area (Å²) in [5.41, 5.74) is 2.25. The maximum Gasteiger partial charge on any atom is 0.208 e. The zero-order valence-corrected chi connectivity index (χ0v) is 11.0. The lowest BCUT2D eigenvalue weighted by Gasteiger charge is -2.07. The summed E-state index contributed by atoms with van der Waals surface area (Å²) < 4.78 is 0.803. The number of Topliss-reactive ketones (excluding diaryl/α,β-unsaturated/α-hetero) is 1. The van der Waals surface area contributed by atoms with E-state index in [0.29, 0.717) is 5.56 Å². The molecule has 90 valence electrons. The lowest BCUT2D eigenvalue weighted by molar-refractivity contribution is 0.106. The minimum Gasteiger partial charge on any atom is -0.411 e. The average Bonchev–Trinajstić information content (AvgIpc) is 2.40. The van der Waals surface area contributed by atoms with Crippen molar-refractivity contribution in [3.05, 3.63) is 58.6 Å². The van der Waals surface area contributed by atoms with Crippen LogP contribution in [-0.4, -0.2) is 17.2 Å². The summed E-state index contributed by atoms with van der Waals surface area (Å²) in [4.78, 5) is 11.9. The largest absolute Gasteiger partial charge is 0.411 e. The molecule has 0 aromatic heterocycles. The molecule has 0 saturated carbocycles. The number of hydrogen-bond donors (Lipinski definition) is 1. The topological polar surface area (TPSA) is 49.7 Å². The Morgan fingerprint density at radius 1 is 1.17 bits per heavy atom. The summed E-state index contributed by atoms with van der Waals surface area (Å²) in [6.45, 7) is 0. The molecular formula is C14H10BrNO2. The van der Waals surface area contributed by atoms with E-state index in [1.165, 1.54) is 0 Å². The van der Waals surface area contributed by atoms with Gasteiger partial charge in [-0.2, -0.15) is 0 Å². The Morgan fingerprint density at radius 3 is 2.56 bits per heavy atom. The number of oxime groups is 1. The number of carbonyl (C=O) groups is 1. The highest BCUT2D eigenvalue weighted by atomic mass is 79.9. The van der Waals surface area contributed by atoms with E-state index in [1.54, 1.807) is 6.07 Å². The van der Waals surface area contributed by atoms with Crippen LogP contribution in [0.4, 0.5) is 0 Å². The molecular weight excluding hydrogens is 294 g/mol. The molecule has 2 aromatic carbocycles. The van der Waals surface area contributed by atoms with Gasteiger partial charge in [-0.3, -0.25) is 4.79 Å². The van der Waals surface area contributed by atoms with Crippen molar-refractivity contribution in [1.29, 1.82) is 0 Å². The summed E-state index contributed by atoms with van der Waals surface area (Å²) in [5.74, 6) is -0.336. The molecule has 0 aliphatic carbocycles. The van der Waals surface area contributed by atoms with Crippen LogP contribution >= 0.6 is 15.9 Å². The first-order valence-corrected chi connectivity index (χ1v) is 6.08. The molecule has 0 aliphatic heterocycles. The Bertz CT molecular complexity index is 594. The second-order valence-corrected chi connectivity index (χ2v) is 4.58. The first-order valence-electron chi connectivity index (χ1n) is 5.29. The predicted octanol–water partition coefficient (Wildman–Crippen LogP) is 3.76. The van der Waals surface area contributed by atoms with E-state index in [2.05, 4.69) is 21.1 Å². The number of rotatable bonds is 3. The third-order valence-corrected chi connectivity index (χ3v) is 3.00. The van der Waals surface area contributed by atoms with Crippen molar-refractivity contribution in [2.24, 2.45) is 5.16 Å². The first-order chi connectivity index (χ1) is 8.72. The maximum absolute atomic E-state index is 11.9. The first kappa shape index (κ1) is 12.5. The van der Waals surface area contributed by atoms with Gasteiger partial charge >= 0.3 is 0 Å². The molecule has 0 saturated heterocycles. The lowest BCUT2D eigenvalue weighted by atomic mass is 9.97. The van der Waals surface area contributed by atoms with Crippen molar-refractivity contribution in [2.45, 2.75) is 0 Å². The van der Waals surface area contributed by atoms with Gasteiger partial charge in [0.15, 0.2) is 0 Å². The highest BCUT2D eigenvalue weighted by Crippen LogP contribution is 2.26. The summed E-state index contributed by atoms with van der Waals surface area (Å²) in [7, 11) is 0. The standard InChI is InChI=1S/C14H10BrNO2/c15-11-6-7-12(10-4-2-1-3-5-10)13(8-11)14(17)9-16-18/h1-9,18H. The lowest BCUT2D eigenvalue weighted by Crippen LogP contribution is -2.03. The van der Waals surface area contributed by atoms with Crippen molar-refractivity contribution in [1.82, 2.24) is 0 Å². The molecule has 2 aromatic rings. The fourth-order valence-electron chi connectivity index (χ4n) is 1.71. The van der Waals surface area contributed by atoms with Crippen molar-refractivity contribution >= 4 is 27.9 Å². The van der Waals surface area contributed by atoms with Gasteiger partial charge in [0, 0.05) is 10.0 Å². The summed E-state index contributed by atoms with van der Waals surface area (Å²) in [6.07, 6.45) is 0.897. The van der Waals surface area contributed by atoms with E-state index >= 15 is 0 Å².